The van der Waals surface area contributed by atoms with Gasteiger partial charge in [0.2, 0.25) is 0 Å². The van der Waals surface area contributed by atoms with E-state index >= 15 is 0 Å². The van der Waals surface area contributed by atoms with Crippen LogP contribution in [0, 0.1) is 25.5 Å². The molecule has 1 aromatic heterocycles. The second-order valence-electron chi connectivity index (χ2n) is 3.81. The van der Waals surface area contributed by atoms with Gasteiger partial charge in [0.1, 0.15) is 22.5 Å². The van der Waals surface area contributed by atoms with Crippen LogP contribution in [0.25, 0.3) is 0 Å². The molecule has 0 aliphatic rings. The maximum Gasteiger partial charge on any atom is 0.142 e. The molecule has 0 bridgehead atoms. The maximum atomic E-state index is 13.6. The van der Waals surface area contributed by atoms with Crippen molar-refractivity contribution in [2.45, 2.75) is 23.8 Å². The zero-order chi connectivity index (χ0) is 13.3. The van der Waals surface area contributed by atoms with Crippen LogP contribution in [0.15, 0.2) is 28.1 Å². The molecular formula is C12H11F2N3S. The summed E-state index contributed by atoms with van der Waals surface area (Å²) in [6.07, 6.45) is 0. The Morgan fingerprint density at radius 3 is 2.22 bits per heavy atom. The number of hydrogen-bond acceptors (Lipinski definition) is 4. The van der Waals surface area contributed by atoms with Gasteiger partial charge in [-0.3, -0.25) is 0 Å². The third-order valence-corrected chi connectivity index (χ3v) is 3.18. The lowest BCUT2D eigenvalue weighted by Crippen LogP contribution is -1.96. The quantitative estimate of drug-likeness (QED) is 0.671. The number of nitrogen functional groups attached to an aromatic ring is 1. The van der Waals surface area contributed by atoms with E-state index < -0.39 is 11.6 Å². The summed E-state index contributed by atoms with van der Waals surface area (Å²) in [6.45, 7) is 3.53. The van der Waals surface area contributed by atoms with Crippen molar-refractivity contribution in [2.24, 2.45) is 0 Å². The number of halogens is 2. The van der Waals surface area contributed by atoms with Gasteiger partial charge in [-0.05, 0) is 32.0 Å². The second kappa shape index (κ2) is 4.89. The first-order valence-corrected chi connectivity index (χ1v) is 6.02. The van der Waals surface area contributed by atoms with E-state index in [2.05, 4.69) is 9.97 Å². The summed E-state index contributed by atoms with van der Waals surface area (Å²) in [6, 6.07) is 3.85. The number of nitrogens with zero attached hydrogens (tertiary/aromatic N) is 2. The molecule has 0 saturated carbocycles. The van der Waals surface area contributed by atoms with Crippen molar-refractivity contribution in [3.05, 3.63) is 41.4 Å². The van der Waals surface area contributed by atoms with Gasteiger partial charge in [-0.2, -0.15) is 0 Å². The van der Waals surface area contributed by atoms with Gasteiger partial charge in [0.25, 0.3) is 0 Å². The molecule has 2 rings (SSSR count). The van der Waals surface area contributed by atoms with Crippen LogP contribution in [-0.2, 0) is 0 Å². The summed E-state index contributed by atoms with van der Waals surface area (Å²) < 4.78 is 27.2. The Balaban J connectivity index is 2.40. The van der Waals surface area contributed by atoms with Crippen molar-refractivity contribution in [1.82, 2.24) is 9.97 Å². The third kappa shape index (κ3) is 2.76. The van der Waals surface area contributed by atoms with E-state index in [0.29, 0.717) is 10.9 Å². The van der Waals surface area contributed by atoms with Gasteiger partial charge in [-0.25, -0.2) is 18.7 Å². The molecule has 0 fully saturated rings. The lowest BCUT2D eigenvalue weighted by molar-refractivity contribution is 0.541. The van der Waals surface area contributed by atoms with Crippen LogP contribution < -0.4 is 5.73 Å². The van der Waals surface area contributed by atoms with Gasteiger partial charge in [-0.15, -0.1) is 0 Å². The average Bonchev–Trinajstić information content (AvgIpc) is 2.22. The van der Waals surface area contributed by atoms with Crippen LogP contribution in [0.4, 0.5) is 14.5 Å². The second-order valence-corrected chi connectivity index (χ2v) is 4.84. The van der Waals surface area contributed by atoms with Crippen molar-refractivity contribution in [1.29, 1.82) is 0 Å². The molecule has 0 aliphatic heterocycles. The molecule has 0 radical (unpaired) electrons. The third-order valence-electron chi connectivity index (χ3n) is 2.17. The Morgan fingerprint density at radius 1 is 1.06 bits per heavy atom. The van der Waals surface area contributed by atoms with E-state index in [-0.39, 0.29) is 10.6 Å². The Bertz CT molecular complexity index is 559. The molecule has 18 heavy (non-hydrogen) atoms. The molecule has 2 N–H and O–H groups in total. The molecule has 3 nitrogen and oxygen atoms in total. The van der Waals surface area contributed by atoms with Crippen LogP contribution in [0.1, 0.15) is 11.5 Å². The zero-order valence-electron chi connectivity index (χ0n) is 9.87. The molecule has 0 amide bonds. The molecule has 0 spiro atoms. The molecule has 94 valence electrons. The number of aryl methyl sites for hydroxylation is 2. The lowest BCUT2D eigenvalue weighted by Gasteiger charge is -2.06. The summed E-state index contributed by atoms with van der Waals surface area (Å²) in [5, 5.41) is 0.502. The number of anilines is 1. The fraction of sp³-hybridized carbons (Fsp3) is 0.167. The summed E-state index contributed by atoms with van der Waals surface area (Å²) in [4.78, 5) is 8.11. The zero-order valence-corrected chi connectivity index (χ0v) is 10.7. The molecule has 0 saturated heterocycles. The van der Waals surface area contributed by atoms with Crippen molar-refractivity contribution in [3.63, 3.8) is 0 Å². The maximum absolute atomic E-state index is 13.6. The SMILES string of the molecule is Cc1cc(Sc2c(F)cc(N)cc2F)nc(C)n1. The normalized spacial score (nSPS) is 10.7. The van der Waals surface area contributed by atoms with Gasteiger partial charge in [-0.1, -0.05) is 11.8 Å². The molecule has 1 heterocycles. The molecule has 6 heteroatoms. The summed E-state index contributed by atoms with van der Waals surface area (Å²) in [5.74, 6) is -0.813. The van der Waals surface area contributed by atoms with Crippen molar-refractivity contribution >= 4 is 17.4 Å². The lowest BCUT2D eigenvalue weighted by atomic mass is 10.3. The number of nitrogens with two attached hydrogens (primary N) is 1. The highest BCUT2D eigenvalue weighted by Gasteiger charge is 2.13. The fourth-order valence-corrected chi connectivity index (χ4v) is 2.45. The van der Waals surface area contributed by atoms with E-state index in [9.17, 15) is 8.78 Å². The smallest absolute Gasteiger partial charge is 0.142 e. The Morgan fingerprint density at radius 2 is 1.67 bits per heavy atom. The number of aromatic nitrogens is 2. The topological polar surface area (TPSA) is 51.8 Å². The van der Waals surface area contributed by atoms with Crippen LogP contribution in [-0.4, -0.2) is 9.97 Å². The van der Waals surface area contributed by atoms with Crippen LogP contribution in [0.2, 0.25) is 0 Å². The van der Waals surface area contributed by atoms with E-state index in [1.807, 2.05) is 0 Å². The van der Waals surface area contributed by atoms with Gasteiger partial charge in [0.15, 0.2) is 0 Å². The van der Waals surface area contributed by atoms with E-state index in [4.69, 9.17) is 5.73 Å². The minimum atomic E-state index is -0.689. The highest BCUT2D eigenvalue weighted by atomic mass is 32.2. The van der Waals surface area contributed by atoms with Gasteiger partial charge in [0, 0.05) is 11.4 Å². The molecule has 2 aromatic rings. The Hall–Kier alpha value is -1.69. The van der Waals surface area contributed by atoms with Crippen LogP contribution >= 0.6 is 11.8 Å². The van der Waals surface area contributed by atoms with Crippen LogP contribution in [0.3, 0.4) is 0 Å². The standard InChI is InChI=1S/C12H11F2N3S/c1-6-3-11(17-7(2)16-6)18-12-9(13)4-8(15)5-10(12)14/h3-5H,15H2,1-2H3. The summed E-state index contributed by atoms with van der Waals surface area (Å²) in [5.41, 5.74) is 6.17. The highest BCUT2D eigenvalue weighted by Crippen LogP contribution is 2.32. The van der Waals surface area contributed by atoms with Gasteiger partial charge in [0.05, 0.1) is 4.90 Å². The summed E-state index contributed by atoms with van der Waals surface area (Å²) >= 11 is 0.921. The largest absolute Gasteiger partial charge is 0.399 e. The molecular weight excluding hydrogens is 256 g/mol. The highest BCUT2D eigenvalue weighted by molar-refractivity contribution is 7.99. The van der Waals surface area contributed by atoms with E-state index in [1.54, 1.807) is 19.9 Å². The monoisotopic (exact) mass is 267 g/mol. The van der Waals surface area contributed by atoms with Crippen molar-refractivity contribution in [3.8, 4) is 0 Å². The fourth-order valence-electron chi connectivity index (χ4n) is 1.52. The predicted molar refractivity (Wildman–Crippen MR) is 66.4 cm³/mol. The molecule has 0 atom stereocenters. The predicted octanol–water partition coefficient (Wildman–Crippen LogP) is 3.11. The Labute approximate surface area is 107 Å². The first-order valence-electron chi connectivity index (χ1n) is 5.20. The molecule has 1 aromatic carbocycles. The van der Waals surface area contributed by atoms with Crippen molar-refractivity contribution in [2.75, 3.05) is 5.73 Å². The Kier molecular flexibility index (Phi) is 3.47. The molecule has 0 unspecified atom stereocenters. The van der Waals surface area contributed by atoms with Gasteiger partial charge < -0.3 is 5.73 Å². The number of rotatable bonds is 2. The first-order chi connectivity index (χ1) is 8.45. The van der Waals surface area contributed by atoms with Crippen molar-refractivity contribution < 1.29 is 8.78 Å². The minimum Gasteiger partial charge on any atom is -0.399 e. The first kappa shape index (κ1) is 12.8. The van der Waals surface area contributed by atoms with Crippen LogP contribution in [0.5, 0.6) is 0 Å². The van der Waals surface area contributed by atoms with E-state index in [1.165, 1.54) is 0 Å². The van der Waals surface area contributed by atoms with Gasteiger partial charge >= 0.3 is 0 Å². The number of benzene rings is 1. The minimum absolute atomic E-state index is 0.0596. The van der Waals surface area contributed by atoms with E-state index in [0.717, 1.165) is 29.6 Å². The number of hydrogen-bond donors (Lipinski definition) is 1. The summed E-state index contributed by atoms with van der Waals surface area (Å²) in [7, 11) is 0. The average molecular weight is 267 g/mol. The molecule has 0 aliphatic carbocycles.